The summed E-state index contributed by atoms with van der Waals surface area (Å²) in [5.74, 6) is 0. The lowest BCUT2D eigenvalue weighted by Gasteiger charge is -2.16. The van der Waals surface area contributed by atoms with Gasteiger partial charge in [0.25, 0.3) is 0 Å². The summed E-state index contributed by atoms with van der Waals surface area (Å²) in [6.07, 6.45) is 2.76. The molecule has 0 amide bonds. The second kappa shape index (κ2) is 7.54. The molecule has 0 aliphatic rings. The molecule has 0 aromatic heterocycles. The van der Waals surface area contributed by atoms with Gasteiger partial charge in [-0.15, -0.1) is 11.6 Å². The molecule has 1 atom stereocenters. The molecule has 0 saturated carbocycles. The zero-order valence-electron chi connectivity index (χ0n) is 12.3. The fourth-order valence-corrected chi connectivity index (χ4v) is 3.16. The van der Waals surface area contributed by atoms with Crippen LogP contribution in [0.15, 0.2) is 36.4 Å². The smallest absolute Gasteiger partial charge is 0.0628 e. The molecule has 0 aliphatic carbocycles. The van der Waals surface area contributed by atoms with E-state index in [4.69, 9.17) is 34.8 Å². The average Bonchev–Trinajstić information content (AvgIpc) is 2.50. The molecule has 2 aromatic carbocycles. The number of alkyl halides is 1. The third-order valence-electron chi connectivity index (χ3n) is 3.74. The molecule has 0 bridgehead atoms. The molecule has 1 unspecified atom stereocenters. The zero-order chi connectivity index (χ0) is 15.4. The van der Waals surface area contributed by atoms with Crippen molar-refractivity contribution in [1.82, 2.24) is 0 Å². The van der Waals surface area contributed by atoms with Crippen LogP contribution in [0.1, 0.15) is 41.5 Å². The van der Waals surface area contributed by atoms with Crippen LogP contribution in [-0.2, 0) is 19.3 Å². The summed E-state index contributed by atoms with van der Waals surface area (Å²) in [6.45, 7) is 4.32. The lowest BCUT2D eigenvalue weighted by molar-refractivity contribution is 0.890. The summed E-state index contributed by atoms with van der Waals surface area (Å²) in [7, 11) is 0. The minimum Gasteiger partial charge on any atom is -0.117 e. The number of rotatable bonds is 5. The predicted octanol–water partition coefficient (Wildman–Crippen LogP) is 6.64. The van der Waals surface area contributed by atoms with Crippen LogP contribution < -0.4 is 0 Å². The highest BCUT2D eigenvalue weighted by molar-refractivity contribution is 6.42. The summed E-state index contributed by atoms with van der Waals surface area (Å²) < 4.78 is 0. The van der Waals surface area contributed by atoms with Crippen LogP contribution in [0.3, 0.4) is 0 Å². The van der Waals surface area contributed by atoms with Crippen molar-refractivity contribution < 1.29 is 0 Å². The maximum atomic E-state index is 6.67. The Balaban J connectivity index is 2.26. The fraction of sp³-hybridized carbons (Fsp3) is 0.333. The first-order valence-corrected chi connectivity index (χ1v) is 8.44. The van der Waals surface area contributed by atoms with Crippen LogP contribution in [0.4, 0.5) is 0 Å². The molecule has 0 spiro atoms. The highest BCUT2D eigenvalue weighted by Gasteiger charge is 2.14. The first kappa shape index (κ1) is 16.7. The number of benzene rings is 2. The second-order valence-corrected chi connectivity index (χ2v) is 6.50. The molecule has 0 heterocycles. The number of hydrogen-bond donors (Lipinski definition) is 0. The normalized spacial score (nSPS) is 12.4. The molecule has 0 aliphatic heterocycles. The van der Waals surface area contributed by atoms with E-state index >= 15 is 0 Å². The first-order valence-electron chi connectivity index (χ1n) is 7.24. The van der Waals surface area contributed by atoms with Gasteiger partial charge < -0.3 is 0 Å². The van der Waals surface area contributed by atoms with Gasteiger partial charge in [0.15, 0.2) is 0 Å². The molecule has 0 radical (unpaired) electrons. The van der Waals surface area contributed by atoms with Crippen molar-refractivity contribution in [3.8, 4) is 0 Å². The van der Waals surface area contributed by atoms with Gasteiger partial charge in [-0.25, -0.2) is 0 Å². The SMILES string of the molecule is CCc1ccc(CC)c(C(Cl)Cc2ccc(Cl)c(Cl)c2)c1. The molecule has 2 aromatic rings. The minimum absolute atomic E-state index is 0.0521. The van der Waals surface area contributed by atoms with E-state index in [-0.39, 0.29) is 5.38 Å². The molecule has 21 heavy (non-hydrogen) atoms. The van der Waals surface area contributed by atoms with Crippen LogP contribution in [0.5, 0.6) is 0 Å². The summed E-state index contributed by atoms with van der Waals surface area (Å²) in [4.78, 5) is 0. The highest BCUT2D eigenvalue weighted by Crippen LogP contribution is 2.31. The standard InChI is InChI=1S/C18H19Cl3/c1-3-12-5-7-14(4-2)15(9-12)17(20)10-13-6-8-16(19)18(21)11-13/h5-9,11,17H,3-4,10H2,1-2H3. The van der Waals surface area contributed by atoms with Crippen molar-refractivity contribution in [3.63, 3.8) is 0 Å². The van der Waals surface area contributed by atoms with Crippen LogP contribution in [0.2, 0.25) is 10.0 Å². The molecule has 0 saturated heterocycles. The van der Waals surface area contributed by atoms with Crippen LogP contribution in [0.25, 0.3) is 0 Å². The summed E-state index contributed by atoms with van der Waals surface area (Å²) in [5.41, 5.74) is 4.96. The molecule has 2 rings (SSSR count). The Morgan fingerprint density at radius 3 is 2.19 bits per heavy atom. The summed E-state index contributed by atoms with van der Waals surface area (Å²) in [5, 5.41) is 1.11. The van der Waals surface area contributed by atoms with Crippen molar-refractivity contribution in [2.24, 2.45) is 0 Å². The van der Waals surface area contributed by atoms with E-state index in [1.54, 1.807) is 0 Å². The molecular weight excluding hydrogens is 323 g/mol. The van der Waals surface area contributed by atoms with E-state index in [1.807, 2.05) is 18.2 Å². The third-order valence-corrected chi connectivity index (χ3v) is 4.86. The second-order valence-electron chi connectivity index (χ2n) is 5.16. The van der Waals surface area contributed by atoms with Crippen molar-refractivity contribution in [2.45, 2.75) is 38.5 Å². The van der Waals surface area contributed by atoms with Crippen LogP contribution in [0, 0.1) is 0 Å². The Morgan fingerprint density at radius 2 is 1.57 bits per heavy atom. The summed E-state index contributed by atoms with van der Waals surface area (Å²) in [6, 6.07) is 12.3. The molecule has 0 fully saturated rings. The zero-order valence-corrected chi connectivity index (χ0v) is 14.6. The third kappa shape index (κ3) is 4.16. The lowest BCUT2D eigenvalue weighted by atomic mass is 9.95. The molecule has 0 N–H and O–H groups in total. The van der Waals surface area contributed by atoms with Gasteiger partial charge in [-0.1, -0.05) is 61.3 Å². The topological polar surface area (TPSA) is 0 Å². The Morgan fingerprint density at radius 1 is 0.857 bits per heavy atom. The fourth-order valence-electron chi connectivity index (χ4n) is 2.46. The molecule has 112 valence electrons. The largest absolute Gasteiger partial charge is 0.117 e. The van der Waals surface area contributed by atoms with Gasteiger partial charge in [0.2, 0.25) is 0 Å². The van der Waals surface area contributed by atoms with Gasteiger partial charge >= 0.3 is 0 Å². The maximum absolute atomic E-state index is 6.67. The van der Waals surface area contributed by atoms with Gasteiger partial charge in [-0.05, 0) is 53.6 Å². The Bertz CT molecular complexity index is 620. The van der Waals surface area contributed by atoms with Crippen LogP contribution in [-0.4, -0.2) is 0 Å². The van der Waals surface area contributed by atoms with Crippen molar-refractivity contribution >= 4 is 34.8 Å². The van der Waals surface area contributed by atoms with Crippen molar-refractivity contribution in [1.29, 1.82) is 0 Å². The van der Waals surface area contributed by atoms with E-state index in [2.05, 4.69) is 32.0 Å². The monoisotopic (exact) mass is 340 g/mol. The average molecular weight is 342 g/mol. The minimum atomic E-state index is -0.0521. The van der Waals surface area contributed by atoms with E-state index in [0.717, 1.165) is 24.8 Å². The van der Waals surface area contributed by atoms with Gasteiger partial charge in [-0.2, -0.15) is 0 Å². The van der Waals surface area contributed by atoms with Gasteiger partial charge in [-0.3, -0.25) is 0 Å². The quantitative estimate of drug-likeness (QED) is 0.535. The predicted molar refractivity (Wildman–Crippen MR) is 94.0 cm³/mol. The van der Waals surface area contributed by atoms with Gasteiger partial charge in [0.05, 0.1) is 15.4 Å². The maximum Gasteiger partial charge on any atom is 0.0628 e. The van der Waals surface area contributed by atoms with E-state index in [9.17, 15) is 0 Å². The van der Waals surface area contributed by atoms with E-state index in [0.29, 0.717) is 10.0 Å². The van der Waals surface area contributed by atoms with Crippen molar-refractivity contribution in [3.05, 3.63) is 68.7 Å². The van der Waals surface area contributed by atoms with Crippen molar-refractivity contribution in [2.75, 3.05) is 0 Å². The van der Waals surface area contributed by atoms with E-state index in [1.165, 1.54) is 16.7 Å². The molecule has 0 nitrogen and oxygen atoms in total. The Labute approximate surface area is 142 Å². The first-order chi connectivity index (χ1) is 10.0. The summed E-state index contributed by atoms with van der Waals surface area (Å²) >= 11 is 18.7. The Kier molecular flexibility index (Phi) is 5.98. The molecular formula is C18H19Cl3. The van der Waals surface area contributed by atoms with Crippen LogP contribution >= 0.6 is 34.8 Å². The van der Waals surface area contributed by atoms with Gasteiger partial charge in [0.1, 0.15) is 0 Å². The lowest BCUT2D eigenvalue weighted by Crippen LogP contribution is -2.01. The van der Waals surface area contributed by atoms with E-state index < -0.39 is 0 Å². The number of aryl methyl sites for hydroxylation is 2. The number of halogens is 3. The van der Waals surface area contributed by atoms with Gasteiger partial charge in [0, 0.05) is 0 Å². The highest BCUT2D eigenvalue weighted by atomic mass is 35.5. The number of hydrogen-bond acceptors (Lipinski definition) is 0. The molecule has 3 heteroatoms. The Hall–Kier alpha value is -0.690.